The van der Waals surface area contributed by atoms with E-state index in [9.17, 15) is 14.9 Å². The Morgan fingerprint density at radius 1 is 1.39 bits per heavy atom. The van der Waals surface area contributed by atoms with Crippen molar-refractivity contribution in [2.45, 2.75) is 31.8 Å². The lowest BCUT2D eigenvalue weighted by Crippen LogP contribution is -2.20. The van der Waals surface area contributed by atoms with Crippen LogP contribution in [0.5, 0.6) is 5.75 Å². The van der Waals surface area contributed by atoms with Gasteiger partial charge in [0.15, 0.2) is 18.3 Å². The van der Waals surface area contributed by atoms with Crippen molar-refractivity contribution in [2.24, 2.45) is 0 Å². The number of carbonyl (C=O) groups is 2. The maximum Gasteiger partial charge on any atom is 0.338 e. The van der Waals surface area contributed by atoms with Gasteiger partial charge < -0.3 is 14.2 Å². The van der Waals surface area contributed by atoms with E-state index in [1.54, 1.807) is 36.6 Å². The maximum absolute atomic E-state index is 12.2. The Morgan fingerprint density at radius 2 is 2.18 bits per heavy atom. The van der Waals surface area contributed by atoms with Gasteiger partial charge in [-0.1, -0.05) is 0 Å². The molecule has 0 unspecified atom stereocenters. The van der Waals surface area contributed by atoms with Crippen LogP contribution in [0.3, 0.4) is 0 Å². The lowest BCUT2D eigenvalue weighted by molar-refractivity contribution is -0.122. The van der Waals surface area contributed by atoms with E-state index in [2.05, 4.69) is 4.98 Å². The number of Topliss-reactive ketones (excluding diaryl/α,β-unsaturated/α-hetero) is 1. The first-order valence-electron chi connectivity index (χ1n) is 8.92. The quantitative estimate of drug-likeness (QED) is 0.628. The molecule has 0 spiro atoms. The van der Waals surface area contributed by atoms with E-state index in [1.165, 1.54) is 11.3 Å². The number of esters is 1. The van der Waals surface area contributed by atoms with Crippen LogP contribution in [0.1, 0.15) is 39.8 Å². The lowest BCUT2D eigenvalue weighted by atomic mass is 10.1. The molecule has 3 rings (SSSR count). The van der Waals surface area contributed by atoms with E-state index in [-0.39, 0.29) is 6.10 Å². The summed E-state index contributed by atoms with van der Waals surface area (Å²) in [6.45, 7) is 2.55. The van der Waals surface area contributed by atoms with E-state index in [1.807, 2.05) is 6.07 Å². The molecule has 0 amide bonds. The molecule has 7 nitrogen and oxygen atoms in total. The summed E-state index contributed by atoms with van der Waals surface area (Å²) in [4.78, 5) is 28.5. The zero-order valence-electron chi connectivity index (χ0n) is 15.4. The van der Waals surface area contributed by atoms with Gasteiger partial charge in [0.05, 0.1) is 17.7 Å². The molecule has 0 aliphatic carbocycles. The van der Waals surface area contributed by atoms with Crippen LogP contribution in [-0.4, -0.2) is 42.7 Å². The molecular formula is C20H20N2O5S. The van der Waals surface area contributed by atoms with Crippen molar-refractivity contribution in [2.75, 3.05) is 19.8 Å². The maximum atomic E-state index is 12.2. The minimum Gasteiger partial charge on any atom is -0.491 e. The number of rotatable bonds is 8. The molecule has 1 aromatic carbocycles. The molecule has 8 heteroatoms. The van der Waals surface area contributed by atoms with Crippen LogP contribution in [-0.2, 0) is 14.3 Å². The number of aromatic nitrogens is 1. The summed E-state index contributed by atoms with van der Waals surface area (Å²) in [6.07, 6.45) is 2.15. The second kappa shape index (κ2) is 9.44. The monoisotopic (exact) mass is 400 g/mol. The number of aryl methyl sites for hydroxylation is 1. The first-order valence-corrected chi connectivity index (χ1v) is 9.80. The van der Waals surface area contributed by atoms with Gasteiger partial charge in [-0.2, -0.15) is 5.26 Å². The van der Waals surface area contributed by atoms with Crippen molar-refractivity contribution >= 4 is 23.1 Å². The van der Waals surface area contributed by atoms with Gasteiger partial charge in [-0.25, -0.2) is 9.78 Å². The highest BCUT2D eigenvalue weighted by Crippen LogP contribution is 2.21. The van der Waals surface area contributed by atoms with Gasteiger partial charge in [-0.15, -0.1) is 11.3 Å². The van der Waals surface area contributed by atoms with Gasteiger partial charge in [0.2, 0.25) is 0 Å². The van der Waals surface area contributed by atoms with Crippen molar-refractivity contribution in [3.63, 3.8) is 0 Å². The molecule has 0 N–H and O–H groups in total. The SMILES string of the molecule is Cc1csc([C@H](C#N)C(=O)COC(=O)c2ccc(OC[C@H]3CCCO3)cc2)n1. The van der Waals surface area contributed by atoms with Crippen molar-refractivity contribution < 1.29 is 23.8 Å². The van der Waals surface area contributed by atoms with Crippen LogP contribution in [0.15, 0.2) is 29.6 Å². The molecule has 2 heterocycles. The molecule has 0 saturated carbocycles. The Bertz CT molecular complexity index is 865. The number of thiazole rings is 1. The van der Waals surface area contributed by atoms with Crippen LogP contribution >= 0.6 is 11.3 Å². The molecule has 2 aromatic rings. The highest BCUT2D eigenvalue weighted by Gasteiger charge is 2.24. The van der Waals surface area contributed by atoms with Crippen molar-refractivity contribution in [3.05, 3.63) is 45.9 Å². The zero-order valence-corrected chi connectivity index (χ0v) is 16.2. The van der Waals surface area contributed by atoms with Crippen LogP contribution in [0.25, 0.3) is 0 Å². The first kappa shape index (κ1) is 20.0. The standard InChI is InChI=1S/C20H20N2O5S/c1-13-12-28-19(22-13)17(9-21)18(23)11-27-20(24)14-4-6-15(7-5-14)26-10-16-3-2-8-25-16/h4-7,12,16-17H,2-3,8,10-11H2,1H3/t16-,17-/m1/s1. The lowest BCUT2D eigenvalue weighted by Gasteiger charge is -2.11. The Labute approximate surface area is 166 Å². The molecule has 0 bridgehead atoms. The second-order valence-electron chi connectivity index (χ2n) is 6.40. The summed E-state index contributed by atoms with van der Waals surface area (Å²) in [7, 11) is 0. The highest BCUT2D eigenvalue weighted by atomic mass is 32.1. The van der Waals surface area contributed by atoms with Crippen molar-refractivity contribution in [1.29, 1.82) is 5.26 Å². The summed E-state index contributed by atoms with van der Waals surface area (Å²) in [6, 6.07) is 8.41. The smallest absolute Gasteiger partial charge is 0.338 e. The fraction of sp³-hybridized carbons (Fsp3) is 0.400. The second-order valence-corrected chi connectivity index (χ2v) is 7.29. The van der Waals surface area contributed by atoms with Crippen molar-refractivity contribution in [1.82, 2.24) is 4.98 Å². The fourth-order valence-corrected chi connectivity index (χ4v) is 3.59. The number of nitriles is 1. The Hall–Kier alpha value is -2.76. The number of ether oxygens (including phenoxy) is 3. The van der Waals surface area contributed by atoms with Crippen LogP contribution in [0.2, 0.25) is 0 Å². The summed E-state index contributed by atoms with van der Waals surface area (Å²) < 4.78 is 16.2. The Kier molecular flexibility index (Phi) is 6.74. The number of hydrogen-bond acceptors (Lipinski definition) is 8. The average Bonchev–Trinajstić information content (AvgIpc) is 3.37. The minimum atomic E-state index is -1.03. The van der Waals surface area contributed by atoms with E-state index in [0.29, 0.717) is 22.9 Å². The molecule has 2 atom stereocenters. The molecule has 1 aliphatic rings. The van der Waals surface area contributed by atoms with Gasteiger partial charge >= 0.3 is 5.97 Å². The minimum absolute atomic E-state index is 0.116. The Morgan fingerprint density at radius 3 is 2.79 bits per heavy atom. The van der Waals surface area contributed by atoms with Gasteiger partial charge in [-0.3, -0.25) is 4.79 Å². The average molecular weight is 400 g/mol. The van der Waals surface area contributed by atoms with E-state index in [0.717, 1.165) is 25.1 Å². The molecule has 0 radical (unpaired) electrons. The van der Waals surface area contributed by atoms with E-state index < -0.39 is 24.3 Å². The predicted octanol–water partition coefficient (Wildman–Crippen LogP) is 3.04. The van der Waals surface area contributed by atoms with Gasteiger partial charge in [0.1, 0.15) is 17.4 Å². The fourth-order valence-electron chi connectivity index (χ4n) is 2.73. The predicted molar refractivity (Wildman–Crippen MR) is 101 cm³/mol. The Balaban J connectivity index is 1.49. The third kappa shape index (κ3) is 5.15. The third-order valence-electron chi connectivity index (χ3n) is 4.23. The number of ketones is 1. The van der Waals surface area contributed by atoms with E-state index in [4.69, 9.17) is 14.2 Å². The van der Waals surface area contributed by atoms with Gasteiger partial charge in [-0.05, 0) is 44.0 Å². The first-order chi connectivity index (χ1) is 13.6. The number of carbonyl (C=O) groups excluding carboxylic acids is 2. The number of benzene rings is 1. The number of hydrogen-bond donors (Lipinski definition) is 0. The molecule has 28 heavy (non-hydrogen) atoms. The molecule has 1 aromatic heterocycles. The van der Waals surface area contributed by atoms with Crippen molar-refractivity contribution in [3.8, 4) is 11.8 Å². The molecule has 1 aliphatic heterocycles. The van der Waals surface area contributed by atoms with Crippen LogP contribution in [0, 0.1) is 18.3 Å². The van der Waals surface area contributed by atoms with Gasteiger partial charge in [0, 0.05) is 17.7 Å². The topological polar surface area (TPSA) is 98.5 Å². The van der Waals surface area contributed by atoms with Crippen LogP contribution in [0.4, 0.5) is 0 Å². The summed E-state index contributed by atoms with van der Waals surface area (Å²) in [5.74, 6) is -1.53. The third-order valence-corrected chi connectivity index (χ3v) is 5.26. The largest absolute Gasteiger partial charge is 0.491 e. The molecule has 146 valence electrons. The van der Waals surface area contributed by atoms with E-state index >= 15 is 0 Å². The number of nitrogens with zero attached hydrogens (tertiary/aromatic N) is 2. The van der Waals surface area contributed by atoms with Crippen LogP contribution < -0.4 is 4.74 Å². The summed E-state index contributed by atoms with van der Waals surface area (Å²) in [5.41, 5.74) is 1.04. The highest BCUT2D eigenvalue weighted by molar-refractivity contribution is 7.09. The normalized spacial score (nSPS) is 16.9. The van der Waals surface area contributed by atoms with Gasteiger partial charge in [0.25, 0.3) is 0 Å². The summed E-state index contributed by atoms with van der Waals surface area (Å²) in [5, 5.41) is 11.4. The molecular weight excluding hydrogens is 380 g/mol. The summed E-state index contributed by atoms with van der Waals surface area (Å²) >= 11 is 1.24. The zero-order chi connectivity index (χ0) is 19.9. The molecule has 1 saturated heterocycles. The molecule has 1 fully saturated rings.